The molecule has 94 valence electrons. The largest absolute Gasteiger partial charge is 0.392 e. The second-order valence-electron chi connectivity index (χ2n) is 4.45. The van der Waals surface area contributed by atoms with Crippen molar-refractivity contribution in [3.05, 3.63) is 60.2 Å². The summed E-state index contributed by atoms with van der Waals surface area (Å²) in [5.74, 6) is 0. The molecule has 2 aromatic rings. The Bertz CT molecular complexity index is 481. The van der Waals surface area contributed by atoms with E-state index >= 15 is 0 Å². The van der Waals surface area contributed by atoms with Crippen LogP contribution in [0.5, 0.6) is 0 Å². The van der Waals surface area contributed by atoms with Crippen LogP contribution in [0.15, 0.2) is 54.6 Å². The maximum Gasteiger partial charge on any atom is 0.0665 e. The molecule has 0 radical (unpaired) electrons. The van der Waals surface area contributed by atoms with Gasteiger partial charge in [0.15, 0.2) is 0 Å². The molecule has 0 fully saturated rings. The highest BCUT2D eigenvalue weighted by molar-refractivity contribution is 5.67. The summed E-state index contributed by atoms with van der Waals surface area (Å²) in [6.45, 7) is 0.327. The minimum atomic E-state index is -0.408. The van der Waals surface area contributed by atoms with Crippen molar-refractivity contribution in [1.82, 2.24) is 0 Å². The van der Waals surface area contributed by atoms with Crippen molar-refractivity contribution in [3.63, 3.8) is 0 Å². The highest BCUT2D eigenvalue weighted by atomic mass is 16.3. The number of nitrogens with two attached hydrogens (primary N) is 1. The van der Waals surface area contributed by atoms with Gasteiger partial charge in [0.1, 0.15) is 0 Å². The van der Waals surface area contributed by atoms with Gasteiger partial charge in [-0.15, -0.1) is 0 Å². The van der Waals surface area contributed by atoms with Gasteiger partial charge in [-0.2, -0.15) is 0 Å². The van der Waals surface area contributed by atoms with Crippen LogP contribution >= 0.6 is 0 Å². The number of aliphatic hydroxyl groups is 1. The predicted molar refractivity (Wildman–Crippen MR) is 75.3 cm³/mol. The van der Waals surface area contributed by atoms with E-state index in [1.54, 1.807) is 0 Å². The third-order valence-corrected chi connectivity index (χ3v) is 3.12. The van der Waals surface area contributed by atoms with Crippen LogP contribution in [0.25, 0.3) is 11.1 Å². The third kappa shape index (κ3) is 3.19. The lowest BCUT2D eigenvalue weighted by molar-refractivity contribution is 0.173. The summed E-state index contributed by atoms with van der Waals surface area (Å²) in [5.41, 5.74) is 9.15. The minimum absolute atomic E-state index is 0.327. The zero-order valence-electron chi connectivity index (χ0n) is 10.4. The van der Waals surface area contributed by atoms with Gasteiger partial charge in [-0.05, 0) is 29.5 Å². The normalized spacial score (nSPS) is 12.3. The molecule has 0 saturated heterocycles. The molecule has 0 heterocycles. The number of hydrogen-bond donors (Lipinski definition) is 2. The summed E-state index contributed by atoms with van der Waals surface area (Å²) < 4.78 is 0. The Morgan fingerprint density at radius 2 is 1.61 bits per heavy atom. The molecule has 0 aliphatic carbocycles. The fourth-order valence-electron chi connectivity index (χ4n) is 2.08. The molecule has 0 aliphatic rings. The van der Waals surface area contributed by atoms with Crippen molar-refractivity contribution in [3.8, 4) is 11.1 Å². The zero-order chi connectivity index (χ0) is 12.8. The summed E-state index contributed by atoms with van der Waals surface area (Å²) >= 11 is 0. The van der Waals surface area contributed by atoms with Crippen LogP contribution in [0, 0.1) is 0 Å². The highest BCUT2D eigenvalue weighted by Gasteiger charge is 2.06. The molecule has 18 heavy (non-hydrogen) atoms. The number of hydrogen-bond acceptors (Lipinski definition) is 2. The Kier molecular flexibility index (Phi) is 4.51. The lowest BCUT2D eigenvalue weighted by Gasteiger charge is -2.11. The first-order chi connectivity index (χ1) is 8.81. The Labute approximate surface area is 108 Å². The van der Waals surface area contributed by atoms with E-state index in [-0.39, 0.29) is 0 Å². The lowest BCUT2D eigenvalue weighted by atomic mass is 9.96. The Morgan fingerprint density at radius 3 is 2.33 bits per heavy atom. The number of aryl methyl sites for hydroxylation is 1. The van der Waals surface area contributed by atoms with E-state index in [1.807, 2.05) is 30.3 Å². The van der Waals surface area contributed by atoms with Gasteiger partial charge in [0, 0.05) is 6.54 Å². The van der Waals surface area contributed by atoms with Crippen molar-refractivity contribution in [2.75, 3.05) is 6.54 Å². The van der Waals surface area contributed by atoms with Gasteiger partial charge >= 0.3 is 0 Å². The van der Waals surface area contributed by atoms with Gasteiger partial charge in [0.25, 0.3) is 0 Å². The van der Waals surface area contributed by atoms with Crippen molar-refractivity contribution < 1.29 is 5.11 Å². The van der Waals surface area contributed by atoms with Crippen molar-refractivity contribution >= 4 is 0 Å². The number of rotatable bonds is 5. The SMILES string of the molecule is NCC(O)CCc1ccccc1-c1ccccc1. The molecular formula is C16H19NO. The molecule has 1 unspecified atom stereocenters. The number of aliphatic hydroxyl groups excluding tert-OH is 1. The van der Waals surface area contributed by atoms with Crippen molar-refractivity contribution in [2.45, 2.75) is 18.9 Å². The van der Waals surface area contributed by atoms with Gasteiger partial charge in [-0.25, -0.2) is 0 Å². The fourth-order valence-corrected chi connectivity index (χ4v) is 2.08. The van der Waals surface area contributed by atoms with Gasteiger partial charge in [0.05, 0.1) is 6.10 Å². The van der Waals surface area contributed by atoms with E-state index in [0.717, 1.165) is 6.42 Å². The van der Waals surface area contributed by atoms with Crippen LogP contribution in [0.3, 0.4) is 0 Å². The molecule has 0 spiro atoms. The van der Waals surface area contributed by atoms with Gasteiger partial charge in [-0.3, -0.25) is 0 Å². The average Bonchev–Trinajstić information content (AvgIpc) is 2.46. The fraction of sp³-hybridized carbons (Fsp3) is 0.250. The van der Waals surface area contributed by atoms with Gasteiger partial charge in [0.2, 0.25) is 0 Å². The number of benzene rings is 2. The van der Waals surface area contributed by atoms with Gasteiger partial charge < -0.3 is 10.8 Å². The summed E-state index contributed by atoms with van der Waals surface area (Å²) in [7, 11) is 0. The van der Waals surface area contributed by atoms with Crippen LogP contribution in [-0.4, -0.2) is 17.8 Å². The molecular weight excluding hydrogens is 222 g/mol. The zero-order valence-corrected chi connectivity index (χ0v) is 10.4. The molecule has 0 bridgehead atoms. The van der Waals surface area contributed by atoms with E-state index in [4.69, 9.17) is 5.73 Å². The molecule has 0 aliphatic heterocycles. The lowest BCUT2D eigenvalue weighted by Crippen LogP contribution is -2.20. The Balaban J connectivity index is 2.21. The minimum Gasteiger partial charge on any atom is -0.392 e. The van der Waals surface area contributed by atoms with Crippen LogP contribution < -0.4 is 5.73 Å². The first-order valence-electron chi connectivity index (χ1n) is 6.32. The molecule has 0 aromatic heterocycles. The van der Waals surface area contributed by atoms with Gasteiger partial charge in [-0.1, -0.05) is 54.6 Å². The summed E-state index contributed by atoms with van der Waals surface area (Å²) in [6.07, 6.45) is 1.15. The van der Waals surface area contributed by atoms with Crippen molar-refractivity contribution in [1.29, 1.82) is 0 Å². The van der Waals surface area contributed by atoms with E-state index in [1.165, 1.54) is 16.7 Å². The summed E-state index contributed by atoms with van der Waals surface area (Å²) in [5, 5.41) is 9.56. The predicted octanol–water partition coefficient (Wildman–Crippen LogP) is 2.61. The first-order valence-corrected chi connectivity index (χ1v) is 6.32. The van der Waals surface area contributed by atoms with E-state index < -0.39 is 6.10 Å². The molecule has 0 amide bonds. The average molecular weight is 241 g/mol. The Hall–Kier alpha value is -1.64. The second-order valence-corrected chi connectivity index (χ2v) is 4.45. The topological polar surface area (TPSA) is 46.2 Å². The molecule has 2 rings (SSSR count). The Morgan fingerprint density at radius 1 is 0.944 bits per heavy atom. The first kappa shape index (κ1) is 12.8. The smallest absolute Gasteiger partial charge is 0.0665 e. The maximum absolute atomic E-state index is 9.56. The summed E-state index contributed by atoms with van der Waals surface area (Å²) in [4.78, 5) is 0. The molecule has 2 heteroatoms. The molecule has 2 aromatic carbocycles. The van der Waals surface area contributed by atoms with Crippen LogP contribution in [0.2, 0.25) is 0 Å². The molecule has 1 atom stereocenters. The van der Waals surface area contributed by atoms with Crippen LogP contribution in [0.1, 0.15) is 12.0 Å². The summed E-state index contributed by atoms with van der Waals surface area (Å²) in [6, 6.07) is 18.6. The van der Waals surface area contributed by atoms with Crippen LogP contribution in [-0.2, 0) is 6.42 Å². The van der Waals surface area contributed by atoms with Crippen molar-refractivity contribution in [2.24, 2.45) is 5.73 Å². The van der Waals surface area contributed by atoms with Crippen LogP contribution in [0.4, 0.5) is 0 Å². The standard InChI is InChI=1S/C16H19NO/c17-12-15(18)11-10-14-8-4-5-9-16(14)13-6-2-1-3-7-13/h1-9,15,18H,10-12,17H2. The second kappa shape index (κ2) is 6.34. The van der Waals surface area contributed by atoms with E-state index in [2.05, 4.69) is 24.3 Å². The highest BCUT2D eigenvalue weighted by Crippen LogP contribution is 2.24. The molecule has 2 nitrogen and oxygen atoms in total. The molecule has 0 saturated carbocycles. The van der Waals surface area contributed by atoms with E-state index in [9.17, 15) is 5.11 Å². The third-order valence-electron chi connectivity index (χ3n) is 3.12. The maximum atomic E-state index is 9.56. The quantitative estimate of drug-likeness (QED) is 0.845. The van der Waals surface area contributed by atoms with E-state index in [0.29, 0.717) is 13.0 Å². The monoisotopic (exact) mass is 241 g/mol. The molecule has 3 N–H and O–H groups in total.